The summed E-state index contributed by atoms with van der Waals surface area (Å²) in [6.45, 7) is 5.50. The van der Waals surface area contributed by atoms with Crippen molar-refractivity contribution in [1.82, 2.24) is 9.88 Å². The van der Waals surface area contributed by atoms with E-state index < -0.39 is 0 Å². The number of hydrogen-bond acceptors (Lipinski definition) is 2. The molecule has 0 aliphatic carbocycles. The topological polar surface area (TPSA) is 40.8 Å². The molecule has 20 heavy (non-hydrogen) atoms. The Hall–Kier alpha value is -2.12. The van der Waals surface area contributed by atoms with Crippen LogP contribution < -0.4 is 5.32 Å². The molecule has 4 heteroatoms. The van der Waals surface area contributed by atoms with Crippen LogP contribution in [0.1, 0.15) is 36.7 Å². The first-order chi connectivity index (χ1) is 9.65. The summed E-state index contributed by atoms with van der Waals surface area (Å²) in [5, 5.41) is 12.1. The zero-order valence-electron chi connectivity index (χ0n) is 11.7. The van der Waals surface area contributed by atoms with E-state index in [1.54, 1.807) is 12.1 Å². The van der Waals surface area contributed by atoms with Crippen LogP contribution in [0, 0.1) is 17.1 Å². The molecular weight excluding hydrogens is 253 g/mol. The van der Waals surface area contributed by atoms with Gasteiger partial charge in [-0.05, 0) is 37.7 Å². The molecule has 104 valence electrons. The van der Waals surface area contributed by atoms with Crippen LogP contribution in [0.25, 0.3) is 0 Å². The standard InChI is InChI=1S/C16H18FN3/c1-3-19-12(2)16-5-4-8-20(16)11-14-7-6-13(10-18)9-15(14)17/h4-9,12,19H,3,11H2,1-2H3. The van der Waals surface area contributed by atoms with Crippen molar-refractivity contribution in [3.63, 3.8) is 0 Å². The van der Waals surface area contributed by atoms with Crippen molar-refractivity contribution in [2.45, 2.75) is 26.4 Å². The third-order valence-corrected chi connectivity index (χ3v) is 3.34. The molecule has 2 aromatic rings. The van der Waals surface area contributed by atoms with Gasteiger partial charge in [-0.1, -0.05) is 13.0 Å². The molecule has 0 radical (unpaired) electrons. The Balaban J connectivity index is 2.23. The first kappa shape index (κ1) is 14.3. The fourth-order valence-corrected chi connectivity index (χ4v) is 2.30. The van der Waals surface area contributed by atoms with E-state index in [0.717, 1.165) is 12.2 Å². The van der Waals surface area contributed by atoms with Crippen molar-refractivity contribution in [3.8, 4) is 6.07 Å². The largest absolute Gasteiger partial charge is 0.345 e. The Morgan fingerprint density at radius 2 is 2.20 bits per heavy atom. The molecular formula is C16H18FN3. The zero-order chi connectivity index (χ0) is 14.5. The van der Waals surface area contributed by atoms with Crippen molar-refractivity contribution >= 4 is 0 Å². The van der Waals surface area contributed by atoms with E-state index in [9.17, 15) is 4.39 Å². The molecule has 0 amide bonds. The molecule has 3 nitrogen and oxygen atoms in total. The number of hydrogen-bond donors (Lipinski definition) is 1. The lowest BCUT2D eigenvalue weighted by Gasteiger charge is -2.16. The van der Waals surface area contributed by atoms with Gasteiger partial charge >= 0.3 is 0 Å². The molecule has 0 spiro atoms. The smallest absolute Gasteiger partial charge is 0.129 e. The average Bonchev–Trinajstić information content (AvgIpc) is 2.89. The Labute approximate surface area is 118 Å². The van der Waals surface area contributed by atoms with Gasteiger partial charge in [-0.2, -0.15) is 5.26 Å². The highest BCUT2D eigenvalue weighted by molar-refractivity contribution is 5.33. The normalized spacial score (nSPS) is 12.1. The molecule has 1 atom stereocenters. The molecule has 1 unspecified atom stereocenters. The molecule has 1 aromatic carbocycles. The van der Waals surface area contributed by atoms with Crippen LogP contribution in [0.2, 0.25) is 0 Å². The number of nitriles is 1. The van der Waals surface area contributed by atoms with Crippen molar-refractivity contribution < 1.29 is 4.39 Å². The van der Waals surface area contributed by atoms with Crippen LogP contribution in [0.4, 0.5) is 4.39 Å². The van der Waals surface area contributed by atoms with Crippen LogP contribution in [0.3, 0.4) is 0 Å². The second kappa shape index (κ2) is 6.36. The van der Waals surface area contributed by atoms with Crippen LogP contribution in [-0.4, -0.2) is 11.1 Å². The van der Waals surface area contributed by atoms with Gasteiger partial charge in [0.15, 0.2) is 0 Å². The lowest BCUT2D eigenvalue weighted by Crippen LogP contribution is -2.21. The summed E-state index contributed by atoms with van der Waals surface area (Å²) in [5.41, 5.74) is 2.06. The first-order valence-corrected chi connectivity index (χ1v) is 6.72. The highest BCUT2D eigenvalue weighted by Crippen LogP contribution is 2.17. The Bertz CT molecular complexity index is 625. The molecule has 1 N–H and O–H groups in total. The summed E-state index contributed by atoms with van der Waals surface area (Å²) in [6, 6.07) is 10.8. The summed E-state index contributed by atoms with van der Waals surface area (Å²) >= 11 is 0. The molecule has 0 aliphatic rings. The van der Waals surface area contributed by atoms with E-state index in [0.29, 0.717) is 17.7 Å². The van der Waals surface area contributed by atoms with Gasteiger partial charge in [0.2, 0.25) is 0 Å². The van der Waals surface area contributed by atoms with E-state index in [1.165, 1.54) is 6.07 Å². The van der Waals surface area contributed by atoms with E-state index in [1.807, 2.05) is 29.0 Å². The average molecular weight is 271 g/mol. The lowest BCUT2D eigenvalue weighted by atomic mass is 10.1. The van der Waals surface area contributed by atoms with E-state index in [-0.39, 0.29) is 11.9 Å². The van der Waals surface area contributed by atoms with Gasteiger partial charge in [-0.3, -0.25) is 0 Å². The molecule has 0 fully saturated rings. The van der Waals surface area contributed by atoms with Crippen LogP contribution >= 0.6 is 0 Å². The summed E-state index contributed by atoms with van der Waals surface area (Å²) in [6.07, 6.45) is 1.95. The van der Waals surface area contributed by atoms with Gasteiger partial charge in [0.05, 0.1) is 18.2 Å². The Morgan fingerprint density at radius 3 is 2.85 bits per heavy atom. The summed E-state index contributed by atoms with van der Waals surface area (Å²) in [5.74, 6) is -0.334. The maximum Gasteiger partial charge on any atom is 0.129 e. The molecule has 1 aromatic heterocycles. The third kappa shape index (κ3) is 3.06. The SMILES string of the molecule is CCNC(C)c1cccn1Cc1ccc(C#N)cc1F. The molecule has 0 saturated carbocycles. The van der Waals surface area contributed by atoms with E-state index >= 15 is 0 Å². The maximum atomic E-state index is 13.9. The van der Waals surface area contributed by atoms with Gasteiger partial charge in [-0.15, -0.1) is 0 Å². The number of nitrogens with one attached hydrogen (secondary N) is 1. The van der Waals surface area contributed by atoms with Gasteiger partial charge in [0.25, 0.3) is 0 Å². The second-order valence-corrected chi connectivity index (χ2v) is 4.76. The van der Waals surface area contributed by atoms with Crippen LogP contribution in [0.5, 0.6) is 0 Å². The first-order valence-electron chi connectivity index (χ1n) is 6.72. The fraction of sp³-hybridized carbons (Fsp3) is 0.312. The van der Waals surface area contributed by atoms with Crippen molar-refractivity contribution in [2.75, 3.05) is 6.54 Å². The number of aromatic nitrogens is 1. The van der Waals surface area contributed by atoms with Gasteiger partial charge < -0.3 is 9.88 Å². The van der Waals surface area contributed by atoms with Crippen molar-refractivity contribution in [3.05, 3.63) is 59.2 Å². The molecule has 0 bridgehead atoms. The predicted octanol–water partition coefficient (Wildman–Crippen LogP) is 3.22. The minimum Gasteiger partial charge on any atom is -0.345 e. The Kier molecular flexibility index (Phi) is 4.54. The minimum atomic E-state index is -0.334. The summed E-state index contributed by atoms with van der Waals surface area (Å²) in [7, 11) is 0. The maximum absolute atomic E-state index is 13.9. The summed E-state index contributed by atoms with van der Waals surface area (Å²) < 4.78 is 16.0. The van der Waals surface area contributed by atoms with Gasteiger partial charge in [0, 0.05) is 23.5 Å². The van der Waals surface area contributed by atoms with Crippen molar-refractivity contribution in [1.29, 1.82) is 5.26 Å². The fourth-order valence-electron chi connectivity index (χ4n) is 2.30. The number of benzene rings is 1. The van der Waals surface area contributed by atoms with Gasteiger partial charge in [-0.25, -0.2) is 4.39 Å². The monoisotopic (exact) mass is 271 g/mol. The number of halogens is 1. The number of rotatable bonds is 5. The second-order valence-electron chi connectivity index (χ2n) is 4.76. The minimum absolute atomic E-state index is 0.219. The molecule has 0 aliphatic heterocycles. The highest BCUT2D eigenvalue weighted by atomic mass is 19.1. The number of nitrogens with zero attached hydrogens (tertiary/aromatic N) is 2. The molecule has 2 rings (SSSR count). The third-order valence-electron chi connectivity index (χ3n) is 3.34. The van der Waals surface area contributed by atoms with Gasteiger partial charge in [0.1, 0.15) is 5.82 Å². The van der Waals surface area contributed by atoms with Crippen LogP contribution in [0.15, 0.2) is 36.5 Å². The lowest BCUT2D eigenvalue weighted by molar-refractivity contribution is 0.544. The quantitative estimate of drug-likeness (QED) is 0.907. The summed E-state index contributed by atoms with van der Waals surface area (Å²) in [4.78, 5) is 0. The zero-order valence-corrected chi connectivity index (χ0v) is 11.7. The van der Waals surface area contributed by atoms with E-state index in [4.69, 9.17) is 5.26 Å². The molecule has 1 heterocycles. The Morgan fingerprint density at radius 1 is 1.40 bits per heavy atom. The predicted molar refractivity (Wildman–Crippen MR) is 76.7 cm³/mol. The van der Waals surface area contributed by atoms with E-state index in [2.05, 4.69) is 19.2 Å². The van der Waals surface area contributed by atoms with Crippen LogP contribution in [-0.2, 0) is 6.54 Å². The van der Waals surface area contributed by atoms with Crippen molar-refractivity contribution in [2.24, 2.45) is 0 Å². The highest BCUT2D eigenvalue weighted by Gasteiger charge is 2.11. The molecule has 0 saturated heterocycles.